The maximum Gasteiger partial charge on any atom is 0.410 e. The average Bonchev–Trinajstić information content (AvgIpc) is 1.71. The molecule has 1 unspecified atom stereocenters. The zero-order valence-electron chi connectivity index (χ0n) is 56.3. The van der Waals surface area contributed by atoms with Crippen LogP contribution < -0.4 is 32.3 Å². The molecule has 24 nitrogen and oxygen atoms in total. The number of hydrogen-bond acceptors (Lipinski definition) is 17. The highest BCUT2D eigenvalue weighted by molar-refractivity contribution is 7.54. The van der Waals surface area contributed by atoms with Crippen molar-refractivity contribution < 1.29 is 84.4 Å². The summed E-state index contributed by atoms with van der Waals surface area (Å²) < 4.78 is 87.3. The van der Waals surface area contributed by atoms with Crippen LogP contribution >= 0.6 is 7.60 Å². The van der Waals surface area contributed by atoms with Gasteiger partial charge >= 0.3 is 30.9 Å². The highest BCUT2D eigenvalue weighted by Crippen LogP contribution is 2.67. The Balaban J connectivity index is 0.803. The summed E-state index contributed by atoms with van der Waals surface area (Å²) in [5.74, 6) is -4.78. The lowest BCUT2D eigenvalue weighted by molar-refractivity contribution is -0.163. The Morgan fingerprint density at radius 2 is 1.38 bits per heavy atom. The summed E-state index contributed by atoms with van der Waals surface area (Å²) in [4.78, 5) is 119. The molecule has 1 aromatic heterocycles. The molecular formula is C70H88F2N7O17P. The Kier molecular flexibility index (Phi) is 24.9. The maximum atomic E-state index is 16.3. The number of aromatic nitrogens is 2. The number of nitrogens with zero attached hydrogens (tertiary/aromatic N) is 3. The third-order valence-electron chi connectivity index (χ3n) is 17.2. The van der Waals surface area contributed by atoms with Crippen LogP contribution in [0.3, 0.4) is 0 Å². The van der Waals surface area contributed by atoms with Crippen LogP contribution in [0, 0.1) is 10.8 Å². The molecule has 5 atom stereocenters. The van der Waals surface area contributed by atoms with Crippen LogP contribution in [0.2, 0.25) is 0 Å². The van der Waals surface area contributed by atoms with E-state index in [1.807, 2.05) is 60.7 Å². The second kappa shape index (κ2) is 32.4. The number of imidazole rings is 1. The van der Waals surface area contributed by atoms with Crippen molar-refractivity contribution in [2.75, 3.05) is 44.9 Å². The number of fused-ring (bicyclic) bond motifs is 1. The molecule has 0 aliphatic carbocycles. The van der Waals surface area contributed by atoms with Crippen molar-refractivity contribution in [3.8, 4) is 0 Å². The number of amides is 6. The van der Waals surface area contributed by atoms with Crippen molar-refractivity contribution in [3.05, 3.63) is 140 Å². The van der Waals surface area contributed by atoms with Crippen LogP contribution in [-0.2, 0) is 121 Å². The Labute approximate surface area is 562 Å². The molecule has 1 saturated heterocycles. The standard InChI is InChI=1S/C70H88F2N7O17P/c1-43(47-24-27-51(28-25-47)70(71,72)97(89,95-41-93-65(86)68(3,4)5)96-42-94-66(87)69(6,7)8)38-59(82)74-53-29-26-49-15-10-17-50-39-56(79(60(49)50)64(53)85)63(84)75-52(30-32-57(73)80)44(2)92-40-46-22-20-45(21-23-46)14-12-34-90-36-37-91-35-13-18-48-16-11-19-54-61(48)77(9)67(88)78(54)55-31-33-58(81)76-62(55)83/h10-11,15-17,19-25,27-28,38,44,52-53,55-56H,12-14,18,26,29-37,39-42H2,1-9H3,(H2,73,80)(H,74,82)(H,75,84)(H,76,81,83)/b43-38+/t44-,52+,53+,55?,56+/m1/s1. The van der Waals surface area contributed by atoms with E-state index < -0.39 is 115 Å². The van der Waals surface area contributed by atoms with Gasteiger partial charge in [-0.05, 0) is 152 Å². The minimum absolute atomic E-state index is 0.0578. The first-order chi connectivity index (χ1) is 45.9. The van der Waals surface area contributed by atoms with Gasteiger partial charge in [-0.1, -0.05) is 78.9 Å². The van der Waals surface area contributed by atoms with Crippen molar-refractivity contribution in [1.29, 1.82) is 0 Å². The van der Waals surface area contributed by atoms with Gasteiger partial charge in [0.15, 0.2) is 0 Å². The number of rotatable bonds is 32. The number of carbonyl (C=O) groups is 8. The van der Waals surface area contributed by atoms with Gasteiger partial charge in [-0.25, -0.2) is 4.79 Å². The van der Waals surface area contributed by atoms with Gasteiger partial charge in [0.25, 0.3) is 0 Å². The number of para-hydroxylation sites is 2. The number of nitrogens with one attached hydrogen (secondary N) is 3. The van der Waals surface area contributed by atoms with Gasteiger partial charge < -0.3 is 40.1 Å². The normalized spacial score (nSPS) is 17.5. The van der Waals surface area contributed by atoms with Crippen LogP contribution in [0.15, 0.2) is 95.8 Å². The molecule has 0 radical (unpaired) electrons. The second-order valence-corrected chi connectivity index (χ2v) is 28.7. The average molecular weight is 1370 g/mol. The highest BCUT2D eigenvalue weighted by Gasteiger charge is 2.56. The Morgan fingerprint density at radius 1 is 0.773 bits per heavy atom. The summed E-state index contributed by atoms with van der Waals surface area (Å²) in [7, 11) is -3.92. The number of halogens is 2. The van der Waals surface area contributed by atoms with E-state index >= 15 is 8.78 Å². The molecule has 5 aromatic rings. The highest BCUT2D eigenvalue weighted by atomic mass is 31.2. The van der Waals surface area contributed by atoms with E-state index in [9.17, 15) is 47.7 Å². The number of esters is 2. The number of nitrogens with two attached hydrogens (primary N) is 1. The Hall–Kier alpha value is -8.26. The van der Waals surface area contributed by atoms with Gasteiger partial charge in [-0.15, -0.1) is 0 Å². The number of imide groups is 1. The number of allylic oxidation sites excluding steroid dienone is 1. The number of primary amides is 1. The van der Waals surface area contributed by atoms with Gasteiger partial charge in [0.05, 0.1) is 59.5 Å². The molecule has 5 N–H and O–H groups in total. The Bertz CT molecular complexity index is 3820. The van der Waals surface area contributed by atoms with E-state index in [0.717, 1.165) is 58.3 Å². The molecule has 6 amide bonds. The minimum atomic E-state index is -5.61. The molecule has 0 saturated carbocycles. The van der Waals surface area contributed by atoms with Gasteiger partial charge in [-0.2, -0.15) is 8.78 Å². The number of hydrogen-bond donors (Lipinski definition) is 4. The summed E-state index contributed by atoms with van der Waals surface area (Å²) in [6.07, 6.45) is 4.74. The van der Waals surface area contributed by atoms with E-state index in [1.165, 1.54) is 69.2 Å². The lowest BCUT2D eigenvalue weighted by Crippen LogP contribution is -2.56. The topological polar surface area (TPSA) is 311 Å². The largest absolute Gasteiger partial charge is 0.438 e. The van der Waals surface area contributed by atoms with Crippen LogP contribution in [0.5, 0.6) is 0 Å². The first-order valence-corrected chi connectivity index (χ1v) is 34.0. The molecular weight excluding hydrogens is 1280 g/mol. The number of alkyl halides is 2. The SMILES string of the molecule is C/C(=C\C(=O)N[C@H]1CCc2cccc3c2N(C1=O)[C@H](C(=O)N[C@@H](CCC(N)=O)[C@@H](C)OCc1ccc(CCCOCCOCCCc2cccc4c2n(C)c(=O)n4C2CCC(=O)NC2=O)cc1)C3)c1ccc(C(F)(F)P(=O)(OCOC(=O)C(C)(C)C)OCOC(=O)C(C)(C)C)cc1. The summed E-state index contributed by atoms with van der Waals surface area (Å²) >= 11 is 0. The van der Waals surface area contributed by atoms with Crippen molar-refractivity contribution in [3.63, 3.8) is 0 Å². The molecule has 3 aliphatic rings. The molecule has 524 valence electrons. The summed E-state index contributed by atoms with van der Waals surface area (Å²) in [6.45, 7) is 12.1. The summed E-state index contributed by atoms with van der Waals surface area (Å²) in [6, 6.07) is 19.9. The molecule has 8 rings (SSSR count). The quantitative estimate of drug-likeness (QED) is 0.00783. The zero-order chi connectivity index (χ0) is 70.6. The summed E-state index contributed by atoms with van der Waals surface area (Å²) in [5, 5.41) is 8.19. The maximum absolute atomic E-state index is 16.3. The van der Waals surface area contributed by atoms with Crippen LogP contribution in [0.25, 0.3) is 16.6 Å². The molecule has 97 heavy (non-hydrogen) atoms. The van der Waals surface area contributed by atoms with E-state index in [2.05, 4.69) is 16.0 Å². The second-order valence-electron chi connectivity index (χ2n) is 26.6. The molecule has 0 bridgehead atoms. The van der Waals surface area contributed by atoms with E-state index in [4.69, 9.17) is 38.5 Å². The number of aryl methyl sites for hydroxylation is 4. The predicted molar refractivity (Wildman–Crippen MR) is 354 cm³/mol. The minimum Gasteiger partial charge on any atom is -0.438 e. The molecule has 27 heteroatoms. The van der Waals surface area contributed by atoms with Gasteiger partial charge in [0.1, 0.15) is 18.1 Å². The van der Waals surface area contributed by atoms with Crippen molar-refractivity contribution >= 4 is 77.3 Å². The van der Waals surface area contributed by atoms with Crippen molar-refractivity contribution in [2.24, 2.45) is 23.6 Å². The number of piperidine rings is 1. The lowest BCUT2D eigenvalue weighted by Gasteiger charge is -2.31. The summed E-state index contributed by atoms with van der Waals surface area (Å²) in [5.41, 5.74) is 5.03. The fourth-order valence-corrected chi connectivity index (χ4v) is 12.9. The molecule has 0 spiro atoms. The third-order valence-corrected chi connectivity index (χ3v) is 19.0. The first-order valence-electron chi connectivity index (χ1n) is 32.5. The fraction of sp³-hybridized carbons (Fsp3) is 0.500. The predicted octanol–water partition coefficient (Wildman–Crippen LogP) is 8.43. The molecule has 4 heterocycles. The van der Waals surface area contributed by atoms with Crippen LogP contribution in [-0.4, -0.2) is 121 Å². The van der Waals surface area contributed by atoms with Gasteiger partial charge in [0, 0.05) is 51.2 Å². The molecule has 1 fully saturated rings. The van der Waals surface area contributed by atoms with E-state index in [0.29, 0.717) is 68.0 Å². The lowest BCUT2D eigenvalue weighted by atomic mass is 9.98. The molecule has 4 aromatic carbocycles. The smallest absolute Gasteiger partial charge is 0.410 e. The molecule has 3 aliphatic heterocycles. The number of anilines is 1. The number of benzene rings is 4. The van der Waals surface area contributed by atoms with Crippen LogP contribution in [0.1, 0.15) is 145 Å². The van der Waals surface area contributed by atoms with E-state index in [-0.39, 0.29) is 56.7 Å². The monoisotopic (exact) mass is 1370 g/mol. The van der Waals surface area contributed by atoms with Gasteiger partial charge in [-0.3, -0.25) is 71.3 Å². The van der Waals surface area contributed by atoms with Gasteiger partial charge in [0.2, 0.25) is 49.0 Å². The Morgan fingerprint density at radius 3 is 2.00 bits per heavy atom. The fourth-order valence-electron chi connectivity index (χ4n) is 11.7. The van der Waals surface area contributed by atoms with Crippen molar-refractivity contribution in [2.45, 2.75) is 169 Å². The first kappa shape index (κ1) is 74.5. The van der Waals surface area contributed by atoms with Crippen LogP contribution in [0.4, 0.5) is 14.5 Å². The number of ether oxygens (including phenoxy) is 5. The van der Waals surface area contributed by atoms with E-state index in [1.54, 1.807) is 25.5 Å². The van der Waals surface area contributed by atoms with Crippen molar-refractivity contribution in [1.82, 2.24) is 25.1 Å². The number of carbonyl (C=O) groups excluding carboxylic acids is 8. The zero-order valence-corrected chi connectivity index (χ0v) is 57.2. The third kappa shape index (κ3) is 18.7.